The highest BCUT2D eigenvalue weighted by Crippen LogP contribution is 2.26. The van der Waals surface area contributed by atoms with Crippen molar-refractivity contribution in [3.05, 3.63) is 12.4 Å². The van der Waals surface area contributed by atoms with Gasteiger partial charge < -0.3 is 16.0 Å². The monoisotopic (exact) mass is 319 g/mol. The first-order valence-corrected chi connectivity index (χ1v) is 8.43. The van der Waals surface area contributed by atoms with Crippen LogP contribution in [0, 0.1) is 5.92 Å². The fraction of sp³-hybridized carbons (Fsp3) is 0.688. The molecular weight excluding hydrogens is 294 g/mol. The summed E-state index contributed by atoms with van der Waals surface area (Å²) >= 11 is 0. The average Bonchev–Trinajstić information content (AvgIpc) is 3.13. The molecule has 23 heavy (non-hydrogen) atoms. The second-order valence-corrected chi connectivity index (χ2v) is 6.86. The van der Waals surface area contributed by atoms with Gasteiger partial charge in [0.2, 0.25) is 11.8 Å². The van der Waals surface area contributed by atoms with Gasteiger partial charge in [0.05, 0.1) is 17.8 Å². The van der Waals surface area contributed by atoms with Gasteiger partial charge in [-0.15, -0.1) is 0 Å². The second kappa shape index (κ2) is 6.70. The summed E-state index contributed by atoms with van der Waals surface area (Å²) in [5, 5.41) is 9.52. The number of hydrogen-bond acceptors (Lipinski definition) is 4. The number of carbonyl (C=O) groups excluding carboxylic acids is 2. The van der Waals surface area contributed by atoms with E-state index < -0.39 is 0 Å². The highest BCUT2D eigenvalue weighted by atomic mass is 16.2. The Morgan fingerprint density at radius 3 is 2.78 bits per heavy atom. The number of nitrogens with one attached hydrogen (secondary N) is 2. The molecule has 0 spiro atoms. The van der Waals surface area contributed by atoms with Crippen LogP contribution in [-0.4, -0.2) is 40.6 Å². The van der Waals surface area contributed by atoms with Crippen molar-refractivity contribution in [2.24, 2.45) is 11.7 Å². The third-order valence-corrected chi connectivity index (χ3v) is 5.01. The van der Waals surface area contributed by atoms with Crippen LogP contribution >= 0.6 is 0 Å². The van der Waals surface area contributed by atoms with Crippen LogP contribution in [0.4, 0.5) is 5.69 Å². The van der Waals surface area contributed by atoms with Crippen molar-refractivity contribution in [1.82, 2.24) is 15.5 Å². The smallest absolute Gasteiger partial charge is 0.227 e. The normalized spacial score (nSPS) is 24.5. The summed E-state index contributed by atoms with van der Waals surface area (Å²) in [6.07, 6.45) is 10.1. The molecule has 1 saturated heterocycles. The molecule has 1 aliphatic carbocycles. The van der Waals surface area contributed by atoms with Crippen LogP contribution in [0.5, 0.6) is 0 Å². The van der Waals surface area contributed by atoms with Gasteiger partial charge in [0.15, 0.2) is 0 Å². The maximum atomic E-state index is 12.4. The predicted octanol–water partition coefficient (Wildman–Crippen LogP) is 0.930. The van der Waals surface area contributed by atoms with Gasteiger partial charge in [0.1, 0.15) is 0 Å². The lowest BCUT2D eigenvalue weighted by Gasteiger charge is -2.28. The third-order valence-electron chi connectivity index (χ3n) is 5.01. The van der Waals surface area contributed by atoms with Crippen LogP contribution in [0.3, 0.4) is 0 Å². The SMILES string of the molecule is NC1(CNC(=O)[C@H]2CC(=O)N(c3cn[nH]c3)C2)CCCCCC1. The minimum Gasteiger partial charge on any atom is -0.354 e. The standard InChI is InChI=1S/C16H25N5O2/c17-16(5-3-1-2-4-6-16)11-18-15(23)12-7-14(22)21(10-12)13-8-19-20-9-13/h8-9,12H,1-7,10-11,17H2,(H,18,23)(H,19,20)/t12-/m0/s1. The van der Waals surface area contributed by atoms with E-state index in [1.807, 2.05) is 0 Å². The summed E-state index contributed by atoms with van der Waals surface area (Å²) in [6.45, 7) is 0.907. The molecule has 126 valence electrons. The molecule has 2 heterocycles. The number of aromatic amines is 1. The Morgan fingerprint density at radius 1 is 1.39 bits per heavy atom. The number of anilines is 1. The molecule has 1 aromatic heterocycles. The molecule has 7 heteroatoms. The molecule has 7 nitrogen and oxygen atoms in total. The van der Waals surface area contributed by atoms with Crippen LogP contribution in [0.25, 0.3) is 0 Å². The van der Waals surface area contributed by atoms with Gasteiger partial charge in [-0.2, -0.15) is 5.10 Å². The number of aromatic nitrogens is 2. The zero-order valence-electron chi connectivity index (χ0n) is 13.4. The number of hydrogen-bond donors (Lipinski definition) is 3. The first-order chi connectivity index (χ1) is 11.1. The molecule has 0 radical (unpaired) electrons. The first kappa shape index (κ1) is 16.0. The Morgan fingerprint density at radius 2 is 2.13 bits per heavy atom. The molecule has 0 aromatic carbocycles. The van der Waals surface area contributed by atoms with Crippen molar-refractivity contribution < 1.29 is 9.59 Å². The Labute approximate surface area is 136 Å². The van der Waals surface area contributed by atoms with Gasteiger partial charge in [0, 0.05) is 31.2 Å². The Balaban J connectivity index is 1.54. The number of amides is 2. The van der Waals surface area contributed by atoms with Gasteiger partial charge in [-0.05, 0) is 12.8 Å². The lowest BCUT2D eigenvalue weighted by molar-refractivity contribution is -0.126. The number of nitrogens with zero attached hydrogens (tertiary/aromatic N) is 2. The molecule has 2 amide bonds. The molecule has 2 fully saturated rings. The van der Waals surface area contributed by atoms with Gasteiger partial charge >= 0.3 is 0 Å². The molecule has 3 rings (SSSR count). The summed E-state index contributed by atoms with van der Waals surface area (Å²) in [4.78, 5) is 26.1. The largest absolute Gasteiger partial charge is 0.354 e. The van der Waals surface area contributed by atoms with E-state index in [1.54, 1.807) is 17.3 Å². The molecule has 1 atom stereocenters. The van der Waals surface area contributed by atoms with Crippen LogP contribution in [0.15, 0.2) is 12.4 Å². The summed E-state index contributed by atoms with van der Waals surface area (Å²) in [6, 6.07) is 0. The van der Waals surface area contributed by atoms with Crippen LogP contribution in [0.1, 0.15) is 44.9 Å². The predicted molar refractivity (Wildman–Crippen MR) is 86.7 cm³/mol. The number of nitrogens with two attached hydrogens (primary N) is 1. The minimum absolute atomic E-state index is 0.0384. The highest BCUT2D eigenvalue weighted by molar-refractivity contribution is 6.00. The summed E-state index contributed by atoms with van der Waals surface area (Å²) in [5.41, 5.74) is 6.85. The van der Waals surface area contributed by atoms with E-state index in [9.17, 15) is 9.59 Å². The van der Waals surface area contributed by atoms with Crippen molar-refractivity contribution in [3.8, 4) is 0 Å². The van der Waals surface area contributed by atoms with Crippen molar-refractivity contribution >= 4 is 17.5 Å². The summed E-state index contributed by atoms with van der Waals surface area (Å²) < 4.78 is 0. The van der Waals surface area contributed by atoms with Gasteiger partial charge in [-0.3, -0.25) is 14.7 Å². The maximum absolute atomic E-state index is 12.4. The fourth-order valence-electron chi connectivity index (χ4n) is 3.54. The van der Waals surface area contributed by atoms with Crippen molar-refractivity contribution in [3.63, 3.8) is 0 Å². The first-order valence-electron chi connectivity index (χ1n) is 8.43. The quantitative estimate of drug-likeness (QED) is 0.718. The van der Waals surface area contributed by atoms with E-state index in [1.165, 1.54) is 12.8 Å². The van der Waals surface area contributed by atoms with Gasteiger partial charge in [-0.25, -0.2) is 0 Å². The summed E-state index contributed by atoms with van der Waals surface area (Å²) in [5.74, 6) is -0.423. The van der Waals surface area contributed by atoms with Crippen molar-refractivity contribution in [1.29, 1.82) is 0 Å². The van der Waals surface area contributed by atoms with Crippen LogP contribution in [-0.2, 0) is 9.59 Å². The maximum Gasteiger partial charge on any atom is 0.227 e. The van der Waals surface area contributed by atoms with E-state index in [2.05, 4.69) is 15.5 Å². The minimum atomic E-state index is -0.313. The Kier molecular flexibility index (Phi) is 4.66. The lowest BCUT2D eigenvalue weighted by Crippen LogP contribution is -2.51. The van der Waals surface area contributed by atoms with E-state index in [-0.39, 0.29) is 29.7 Å². The number of H-pyrrole nitrogens is 1. The molecule has 1 saturated carbocycles. The number of rotatable bonds is 4. The highest BCUT2D eigenvalue weighted by Gasteiger charge is 2.36. The molecule has 0 bridgehead atoms. The topological polar surface area (TPSA) is 104 Å². The fourth-order valence-corrected chi connectivity index (χ4v) is 3.54. The lowest BCUT2D eigenvalue weighted by atomic mass is 9.91. The zero-order valence-corrected chi connectivity index (χ0v) is 13.4. The molecule has 4 N–H and O–H groups in total. The average molecular weight is 319 g/mol. The molecule has 2 aliphatic rings. The van der Waals surface area contributed by atoms with Crippen LogP contribution in [0.2, 0.25) is 0 Å². The number of carbonyl (C=O) groups is 2. The molecule has 1 aliphatic heterocycles. The molecule has 1 aromatic rings. The van der Waals surface area contributed by atoms with Crippen LogP contribution < -0.4 is 16.0 Å². The van der Waals surface area contributed by atoms with E-state index >= 15 is 0 Å². The Hall–Kier alpha value is -1.89. The van der Waals surface area contributed by atoms with Crippen molar-refractivity contribution in [2.75, 3.05) is 18.0 Å². The van der Waals surface area contributed by atoms with E-state index in [0.717, 1.165) is 25.7 Å². The summed E-state index contributed by atoms with van der Waals surface area (Å²) in [7, 11) is 0. The van der Waals surface area contributed by atoms with E-state index in [0.29, 0.717) is 18.8 Å². The van der Waals surface area contributed by atoms with Gasteiger partial charge in [-0.1, -0.05) is 25.7 Å². The Bertz CT molecular complexity index is 549. The molecule has 0 unspecified atom stereocenters. The van der Waals surface area contributed by atoms with Crippen molar-refractivity contribution in [2.45, 2.75) is 50.5 Å². The van der Waals surface area contributed by atoms with Gasteiger partial charge in [0.25, 0.3) is 0 Å². The van der Waals surface area contributed by atoms with E-state index in [4.69, 9.17) is 5.73 Å². The molecular formula is C16H25N5O2. The second-order valence-electron chi connectivity index (χ2n) is 6.86. The zero-order chi connectivity index (χ0) is 16.3. The third kappa shape index (κ3) is 3.72.